The smallest absolute Gasteiger partial charge is 0.261 e. The van der Waals surface area contributed by atoms with Gasteiger partial charge in [-0.3, -0.25) is 14.8 Å². The summed E-state index contributed by atoms with van der Waals surface area (Å²) in [5.41, 5.74) is 4.66. The first-order chi connectivity index (χ1) is 15.9. The zero-order chi connectivity index (χ0) is 23.0. The van der Waals surface area contributed by atoms with Crippen molar-refractivity contribution in [1.82, 2.24) is 4.98 Å². The number of carbonyl (C=O) groups excluding carboxylic acids is 1. The average molecular weight is 476 g/mol. The molecule has 0 saturated heterocycles. The van der Waals surface area contributed by atoms with Gasteiger partial charge in [0.25, 0.3) is 15.9 Å². The van der Waals surface area contributed by atoms with Crippen molar-refractivity contribution in [2.75, 3.05) is 10.0 Å². The molecule has 3 aromatic carbocycles. The molecule has 0 radical (unpaired) electrons. The number of amides is 1. The van der Waals surface area contributed by atoms with Crippen molar-refractivity contribution in [2.45, 2.75) is 24.7 Å². The Hall–Kier alpha value is -3.49. The molecule has 0 fully saturated rings. The van der Waals surface area contributed by atoms with Gasteiger partial charge in [-0.2, -0.15) is 0 Å². The molecule has 1 aromatic heterocycles. The fourth-order valence-electron chi connectivity index (χ4n) is 3.86. The van der Waals surface area contributed by atoms with Gasteiger partial charge < -0.3 is 0 Å². The highest BCUT2D eigenvalue weighted by atomic mass is 32.2. The predicted octanol–water partition coefficient (Wildman–Crippen LogP) is 5.27. The summed E-state index contributed by atoms with van der Waals surface area (Å²) in [6, 6.07) is 21.2. The summed E-state index contributed by atoms with van der Waals surface area (Å²) in [5, 5.41) is 3.35. The molecule has 6 nitrogen and oxygen atoms in total. The van der Waals surface area contributed by atoms with Crippen molar-refractivity contribution in [2.24, 2.45) is 0 Å². The van der Waals surface area contributed by atoms with Crippen molar-refractivity contribution >= 4 is 38.1 Å². The third-order valence-corrected chi connectivity index (χ3v) is 7.97. The van der Waals surface area contributed by atoms with Gasteiger partial charge in [0.2, 0.25) is 0 Å². The van der Waals surface area contributed by atoms with Gasteiger partial charge in [0.15, 0.2) is 5.13 Å². The first kappa shape index (κ1) is 21.4. The van der Waals surface area contributed by atoms with Crippen LogP contribution in [0.4, 0.5) is 10.8 Å². The Balaban J connectivity index is 1.40. The number of benzene rings is 3. The van der Waals surface area contributed by atoms with Crippen molar-refractivity contribution in [3.05, 3.63) is 94.4 Å². The normalized spacial score (nSPS) is 12.5. The predicted molar refractivity (Wildman–Crippen MR) is 131 cm³/mol. The molecule has 0 aliphatic heterocycles. The van der Waals surface area contributed by atoms with E-state index in [0.29, 0.717) is 5.13 Å². The van der Waals surface area contributed by atoms with Crippen LogP contribution in [0.25, 0.3) is 11.3 Å². The standard InChI is InChI=1S/C25H21N3O3S2/c1-16-10-13-18(14-11-16)33(30,31)28-21-9-5-4-8-20(21)24(29)27-25-26-23-19-7-3-2-6-17(19)12-15-22(23)32-25/h2-11,13-14,28H,12,15H2,1H3,(H,26,27,29). The molecule has 1 aliphatic rings. The fourth-order valence-corrected chi connectivity index (χ4v) is 5.91. The zero-order valence-corrected chi connectivity index (χ0v) is 19.5. The second-order valence-electron chi connectivity index (χ2n) is 7.87. The Morgan fingerprint density at radius 1 is 0.939 bits per heavy atom. The highest BCUT2D eigenvalue weighted by Gasteiger charge is 2.23. The van der Waals surface area contributed by atoms with Crippen LogP contribution in [0, 0.1) is 6.92 Å². The van der Waals surface area contributed by atoms with Crippen LogP contribution in [0.1, 0.15) is 26.4 Å². The lowest BCUT2D eigenvalue weighted by Crippen LogP contribution is -2.18. The Kier molecular flexibility index (Phi) is 5.47. The molecule has 5 rings (SSSR count). The van der Waals surface area contributed by atoms with Crippen LogP contribution in [-0.2, 0) is 22.9 Å². The van der Waals surface area contributed by atoms with E-state index in [0.717, 1.165) is 34.5 Å². The number of sulfonamides is 1. The Morgan fingerprint density at radius 3 is 2.48 bits per heavy atom. The lowest BCUT2D eigenvalue weighted by Gasteiger charge is -2.13. The van der Waals surface area contributed by atoms with E-state index in [-0.39, 0.29) is 16.1 Å². The summed E-state index contributed by atoms with van der Waals surface area (Å²) in [4.78, 5) is 19.0. The van der Waals surface area contributed by atoms with Crippen LogP contribution in [0.2, 0.25) is 0 Å². The summed E-state index contributed by atoms with van der Waals surface area (Å²) < 4.78 is 28.2. The molecule has 2 N–H and O–H groups in total. The molecule has 0 bridgehead atoms. The maximum Gasteiger partial charge on any atom is 0.261 e. The summed E-state index contributed by atoms with van der Waals surface area (Å²) in [6.45, 7) is 1.89. The lowest BCUT2D eigenvalue weighted by atomic mass is 9.94. The highest BCUT2D eigenvalue weighted by molar-refractivity contribution is 7.92. The number of nitrogens with zero attached hydrogens (tertiary/aromatic N) is 1. The minimum Gasteiger partial charge on any atom is -0.298 e. The van der Waals surface area contributed by atoms with E-state index in [4.69, 9.17) is 0 Å². The van der Waals surface area contributed by atoms with E-state index in [2.05, 4.69) is 21.1 Å². The molecule has 0 spiro atoms. The van der Waals surface area contributed by atoms with Crippen LogP contribution in [0.15, 0.2) is 77.7 Å². The number of rotatable bonds is 5. The van der Waals surface area contributed by atoms with Crippen LogP contribution in [0.5, 0.6) is 0 Å². The van der Waals surface area contributed by atoms with Crippen LogP contribution in [0.3, 0.4) is 0 Å². The van der Waals surface area contributed by atoms with Crippen molar-refractivity contribution in [3.63, 3.8) is 0 Å². The molecule has 1 aliphatic carbocycles. The number of hydrogen-bond donors (Lipinski definition) is 2. The molecule has 8 heteroatoms. The van der Waals surface area contributed by atoms with Gasteiger partial charge in [-0.1, -0.05) is 54.1 Å². The topological polar surface area (TPSA) is 88.2 Å². The van der Waals surface area contributed by atoms with E-state index >= 15 is 0 Å². The summed E-state index contributed by atoms with van der Waals surface area (Å²) >= 11 is 1.46. The highest BCUT2D eigenvalue weighted by Crippen LogP contribution is 2.38. The van der Waals surface area contributed by atoms with Crippen LogP contribution >= 0.6 is 11.3 Å². The molecule has 0 saturated carbocycles. The molecular weight excluding hydrogens is 454 g/mol. The van der Waals surface area contributed by atoms with Crippen molar-refractivity contribution in [3.8, 4) is 11.3 Å². The van der Waals surface area contributed by atoms with E-state index < -0.39 is 15.9 Å². The number of anilines is 2. The van der Waals surface area contributed by atoms with Gasteiger partial charge in [0, 0.05) is 10.4 Å². The van der Waals surface area contributed by atoms with Crippen LogP contribution in [-0.4, -0.2) is 19.3 Å². The fraction of sp³-hybridized carbons (Fsp3) is 0.120. The molecular formula is C25H21N3O3S2. The largest absolute Gasteiger partial charge is 0.298 e. The minimum absolute atomic E-state index is 0.134. The Labute approximate surface area is 196 Å². The first-order valence-corrected chi connectivity index (χ1v) is 12.8. The number of aryl methyl sites for hydroxylation is 3. The number of thiazole rings is 1. The third kappa shape index (κ3) is 4.27. The number of carbonyl (C=O) groups is 1. The van der Waals surface area contributed by atoms with Gasteiger partial charge >= 0.3 is 0 Å². The second kappa shape index (κ2) is 8.46. The van der Waals surface area contributed by atoms with E-state index in [1.165, 1.54) is 29.0 Å². The molecule has 0 unspecified atom stereocenters. The molecule has 1 heterocycles. The summed E-state index contributed by atoms with van der Waals surface area (Å²) in [6.07, 6.45) is 1.83. The monoisotopic (exact) mass is 475 g/mol. The number of fused-ring (bicyclic) bond motifs is 3. The number of para-hydroxylation sites is 1. The molecule has 1 amide bonds. The average Bonchev–Trinajstić information content (AvgIpc) is 3.22. The van der Waals surface area contributed by atoms with Gasteiger partial charge in [0.05, 0.1) is 21.8 Å². The number of hydrogen-bond acceptors (Lipinski definition) is 5. The SMILES string of the molecule is Cc1ccc(S(=O)(=O)Nc2ccccc2C(=O)Nc2nc3c(s2)CCc2ccccc2-3)cc1. The van der Waals surface area contributed by atoms with Gasteiger partial charge in [-0.25, -0.2) is 13.4 Å². The number of nitrogens with one attached hydrogen (secondary N) is 2. The minimum atomic E-state index is -3.84. The Morgan fingerprint density at radius 2 is 1.67 bits per heavy atom. The van der Waals surface area contributed by atoms with E-state index in [1.807, 2.05) is 25.1 Å². The molecule has 0 atom stereocenters. The Bertz CT molecular complexity index is 1460. The van der Waals surface area contributed by atoms with Gasteiger partial charge in [-0.05, 0) is 49.6 Å². The van der Waals surface area contributed by atoms with Crippen LogP contribution < -0.4 is 10.0 Å². The van der Waals surface area contributed by atoms with Crippen molar-refractivity contribution < 1.29 is 13.2 Å². The summed E-state index contributed by atoms with van der Waals surface area (Å²) in [5.74, 6) is -0.420. The maximum atomic E-state index is 13.1. The van der Waals surface area contributed by atoms with E-state index in [1.54, 1.807) is 36.4 Å². The quantitative estimate of drug-likeness (QED) is 0.412. The molecule has 33 heavy (non-hydrogen) atoms. The number of aromatic nitrogens is 1. The van der Waals surface area contributed by atoms with Gasteiger partial charge in [-0.15, -0.1) is 11.3 Å². The van der Waals surface area contributed by atoms with E-state index in [9.17, 15) is 13.2 Å². The lowest BCUT2D eigenvalue weighted by molar-refractivity contribution is 0.102. The molecule has 166 valence electrons. The first-order valence-electron chi connectivity index (χ1n) is 10.5. The second-order valence-corrected chi connectivity index (χ2v) is 10.6. The third-order valence-electron chi connectivity index (χ3n) is 5.56. The van der Waals surface area contributed by atoms with Gasteiger partial charge in [0.1, 0.15) is 0 Å². The summed E-state index contributed by atoms with van der Waals surface area (Å²) in [7, 11) is -3.84. The molecule has 4 aromatic rings. The zero-order valence-electron chi connectivity index (χ0n) is 17.8. The maximum absolute atomic E-state index is 13.1. The van der Waals surface area contributed by atoms with Crippen molar-refractivity contribution in [1.29, 1.82) is 0 Å².